The predicted octanol–water partition coefficient (Wildman–Crippen LogP) is 7.11. The Hall–Kier alpha value is -2.86. The molecule has 1 atom stereocenters. The Bertz CT molecular complexity index is 1150. The first kappa shape index (κ1) is 25.2. The molecule has 1 aliphatic rings. The van der Waals surface area contributed by atoms with E-state index in [0.717, 1.165) is 36.0 Å². The predicted molar refractivity (Wildman–Crippen MR) is 134 cm³/mol. The van der Waals surface area contributed by atoms with E-state index in [4.69, 9.17) is 4.74 Å². The zero-order valence-electron chi connectivity index (χ0n) is 20.6. The average Bonchev–Trinajstić information content (AvgIpc) is 2.87. The van der Waals surface area contributed by atoms with Gasteiger partial charge in [0.15, 0.2) is 5.69 Å². The third-order valence-corrected chi connectivity index (χ3v) is 6.96. The Labute approximate surface area is 205 Å². The van der Waals surface area contributed by atoms with Crippen molar-refractivity contribution in [1.29, 1.82) is 0 Å². The maximum Gasteiger partial charge on any atom is 0.433 e. The van der Waals surface area contributed by atoms with Crippen molar-refractivity contribution in [2.24, 2.45) is 0 Å². The van der Waals surface area contributed by atoms with E-state index in [1.807, 2.05) is 44.2 Å². The fourth-order valence-corrected chi connectivity index (χ4v) is 5.24. The van der Waals surface area contributed by atoms with Crippen LogP contribution in [0.2, 0.25) is 0 Å². The largest absolute Gasteiger partial charge is 0.496 e. The van der Waals surface area contributed by atoms with Crippen molar-refractivity contribution < 1.29 is 17.9 Å². The highest BCUT2D eigenvalue weighted by atomic mass is 19.4. The van der Waals surface area contributed by atoms with Crippen molar-refractivity contribution >= 4 is 0 Å². The smallest absolute Gasteiger partial charge is 0.433 e. The van der Waals surface area contributed by atoms with Crippen molar-refractivity contribution in [2.75, 3.05) is 13.7 Å². The average molecular weight is 483 g/mol. The number of aromatic nitrogens is 1. The molecule has 0 bridgehead atoms. The van der Waals surface area contributed by atoms with Crippen LogP contribution in [-0.4, -0.2) is 18.6 Å². The number of alkyl halides is 3. The van der Waals surface area contributed by atoms with Crippen LogP contribution < -0.4 is 10.1 Å². The molecule has 1 heterocycles. The normalized spacial score (nSPS) is 15.7. The summed E-state index contributed by atoms with van der Waals surface area (Å²) in [6, 6.07) is 16.0. The van der Waals surface area contributed by atoms with Gasteiger partial charge in [0.1, 0.15) is 5.75 Å². The molecule has 2 aromatic carbocycles. The molecular formula is C29H33F3N2O. The highest BCUT2D eigenvalue weighted by molar-refractivity contribution is 5.70. The molecule has 0 saturated heterocycles. The maximum atomic E-state index is 14.3. The number of halogens is 3. The second-order valence-corrected chi connectivity index (χ2v) is 9.04. The van der Waals surface area contributed by atoms with Crippen LogP contribution in [0.3, 0.4) is 0 Å². The Morgan fingerprint density at radius 1 is 1.03 bits per heavy atom. The number of methoxy groups -OCH3 is 1. The maximum absolute atomic E-state index is 14.3. The number of aryl methyl sites for hydroxylation is 3. The molecule has 0 amide bonds. The summed E-state index contributed by atoms with van der Waals surface area (Å²) in [4.78, 5) is 4.21. The molecule has 0 unspecified atom stereocenters. The van der Waals surface area contributed by atoms with Crippen molar-refractivity contribution in [2.45, 2.75) is 64.6 Å². The summed E-state index contributed by atoms with van der Waals surface area (Å²) in [7, 11) is 1.43. The second-order valence-electron chi connectivity index (χ2n) is 9.04. The third-order valence-electron chi connectivity index (χ3n) is 6.96. The number of nitrogens with one attached hydrogen (secondary N) is 1. The van der Waals surface area contributed by atoms with Crippen molar-refractivity contribution in [1.82, 2.24) is 10.3 Å². The molecule has 0 spiro atoms. The van der Waals surface area contributed by atoms with Crippen molar-refractivity contribution in [3.63, 3.8) is 0 Å². The van der Waals surface area contributed by atoms with Gasteiger partial charge in [-0.2, -0.15) is 13.2 Å². The van der Waals surface area contributed by atoms with E-state index < -0.39 is 11.9 Å². The summed E-state index contributed by atoms with van der Waals surface area (Å²) >= 11 is 0. The van der Waals surface area contributed by atoms with Gasteiger partial charge in [-0.1, -0.05) is 56.3 Å². The lowest BCUT2D eigenvalue weighted by atomic mass is 9.87. The highest BCUT2D eigenvalue weighted by Gasteiger charge is 2.37. The first-order valence-electron chi connectivity index (χ1n) is 12.4. The van der Waals surface area contributed by atoms with Gasteiger partial charge in [-0.15, -0.1) is 0 Å². The molecule has 4 rings (SSSR count). The van der Waals surface area contributed by atoms with Crippen molar-refractivity contribution in [3.05, 3.63) is 82.0 Å². The number of rotatable bonds is 8. The Morgan fingerprint density at radius 3 is 2.40 bits per heavy atom. The van der Waals surface area contributed by atoms with E-state index in [1.54, 1.807) is 6.07 Å². The standard InChI is InChI=1S/C29H33F3N2O/c1-4-19-11-8-12-20(5-2)27(19)25-18-26(35-3)23(28(34-25)29(30,31)32)16-17-33-24-15-9-13-21-10-6-7-14-22(21)24/h6-8,10-12,14,18,24,33H,4-5,9,13,15-17H2,1-3H3/t24-/m0/s1. The van der Waals surface area contributed by atoms with Gasteiger partial charge in [0.05, 0.1) is 12.8 Å². The summed E-state index contributed by atoms with van der Waals surface area (Å²) in [5.74, 6) is 0.237. The Morgan fingerprint density at radius 2 is 1.74 bits per heavy atom. The van der Waals surface area contributed by atoms with Gasteiger partial charge in [-0.25, -0.2) is 4.98 Å². The van der Waals surface area contributed by atoms with E-state index >= 15 is 0 Å². The van der Waals surface area contributed by atoms with Gasteiger partial charge >= 0.3 is 6.18 Å². The summed E-state index contributed by atoms with van der Waals surface area (Å²) in [6.07, 6.45) is 0.115. The molecular weight excluding hydrogens is 449 g/mol. The van der Waals surface area contributed by atoms with Crippen LogP contribution in [0, 0.1) is 0 Å². The molecule has 3 aromatic rings. The van der Waals surface area contributed by atoms with Crippen LogP contribution in [0.1, 0.15) is 66.2 Å². The topological polar surface area (TPSA) is 34.1 Å². The number of nitrogens with zero attached hydrogens (tertiary/aromatic N) is 1. The molecule has 186 valence electrons. The molecule has 1 aromatic heterocycles. The zero-order chi connectivity index (χ0) is 25.0. The van der Waals surface area contributed by atoms with Crippen LogP contribution in [-0.2, 0) is 31.9 Å². The monoisotopic (exact) mass is 482 g/mol. The minimum atomic E-state index is -4.58. The lowest BCUT2D eigenvalue weighted by molar-refractivity contribution is -0.141. The van der Waals surface area contributed by atoms with Crippen LogP contribution in [0.4, 0.5) is 13.2 Å². The van der Waals surface area contributed by atoms with Crippen LogP contribution in [0.15, 0.2) is 48.5 Å². The Balaban J connectivity index is 1.67. The van der Waals surface area contributed by atoms with Crippen LogP contribution in [0.25, 0.3) is 11.3 Å². The molecule has 0 radical (unpaired) electrons. The van der Waals surface area contributed by atoms with Gasteiger partial charge in [0, 0.05) is 23.2 Å². The fraction of sp³-hybridized carbons (Fsp3) is 0.414. The first-order chi connectivity index (χ1) is 16.9. The summed E-state index contributed by atoms with van der Waals surface area (Å²) in [6.45, 7) is 4.42. The first-order valence-corrected chi connectivity index (χ1v) is 12.4. The molecule has 0 saturated carbocycles. The Kier molecular flexibility index (Phi) is 7.80. The number of pyridine rings is 1. The van der Waals surface area contributed by atoms with Crippen LogP contribution in [0.5, 0.6) is 5.75 Å². The lowest BCUT2D eigenvalue weighted by Gasteiger charge is -2.27. The van der Waals surface area contributed by atoms with E-state index in [-0.39, 0.29) is 23.8 Å². The molecule has 6 heteroatoms. The number of benzene rings is 2. The third kappa shape index (κ3) is 5.37. The molecule has 3 nitrogen and oxygen atoms in total. The number of fused-ring (bicyclic) bond motifs is 1. The second kappa shape index (κ2) is 10.8. The van der Waals surface area contributed by atoms with Gasteiger partial charge < -0.3 is 10.1 Å². The fourth-order valence-electron chi connectivity index (χ4n) is 5.24. The summed E-state index contributed by atoms with van der Waals surface area (Å²) in [5, 5.41) is 3.49. The SMILES string of the molecule is CCc1cccc(CC)c1-c1cc(OC)c(CCN[C@H]2CCCc3ccccc32)c(C(F)(F)F)n1. The number of hydrogen-bond donors (Lipinski definition) is 1. The van der Waals surface area contributed by atoms with E-state index in [9.17, 15) is 13.2 Å². The quantitative estimate of drug-likeness (QED) is 0.371. The molecule has 1 aliphatic carbocycles. The van der Waals surface area contributed by atoms with Gasteiger partial charge in [0.2, 0.25) is 0 Å². The molecule has 0 fully saturated rings. The zero-order valence-corrected chi connectivity index (χ0v) is 20.6. The molecule has 0 aliphatic heterocycles. The number of hydrogen-bond acceptors (Lipinski definition) is 3. The van der Waals surface area contributed by atoms with Gasteiger partial charge in [-0.3, -0.25) is 0 Å². The van der Waals surface area contributed by atoms with E-state index in [1.165, 1.54) is 18.2 Å². The van der Waals surface area contributed by atoms with Gasteiger partial charge in [0.25, 0.3) is 0 Å². The minimum Gasteiger partial charge on any atom is -0.496 e. The van der Waals surface area contributed by atoms with Crippen molar-refractivity contribution in [3.8, 4) is 17.0 Å². The minimum absolute atomic E-state index is 0.104. The van der Waals surface area contributed by atoms with Crippen LogP contribution >= 0.6 is 0 Å². The highest BCUT2D eigenvalue weighted by Crippen LogP contribution is 2.39. The van der Waals surface area contributed by atoms with E-state index in [0.29, 0.717) is 25.1 Å². The number of ether oxygens (including phenoxy) is 1. The van der Waals surface area contributed by atoms with E-state index in [2.05, 4.69) is 22.4 Å². The summed E-state index contributed by atoms with van der Waals surface area (Å²) < 4.78 is 48.3. The molecule has 35 heavy (non-hydrogen) atoms. The lowest BCUT2D eigenvalue weighted by Crippen LogP contribution is -2.28. The summed E-state index contributed by atoms with van der Waals surface area (Å²) in [5.41, 5.74) is 4.88. The molecule has 1 N–H and O–H groups in total. The van der Waals surface area contributed by atoms with Gasteiger partial charge in [-0.05, 0) is 67.3 Å².